The third-order valence-electron chi connectivity index (χ3n) is 3.51. The molecule has 0 saturated heterocycles. The van der Waals surface area contributed by atoms with E-state index in [-0.39, 0.29) is 18.4 Å². The number of hydrogen-bond donors (Lipinski definition) is 1. The zero-order chi connectivity index (χ0) is 16.7. The smallest absolute Gasteiger partial charge is 0.212 e. The molecule has 1 heterocycles. The zero-order valence-corrected chi connectivity index (χ0v) is 14.8. The van der Waals surface area contributed by atoms with Crippen molar-refractivity contribution in [1.29, 1.82) is 0 Å². The van der Waals surface area contributed by atoms with Crippen LogP contribution < -0.4 is 9.46 Å². The molecule has 0 fully saturated rings. The lowest BCUT2D eigenvalue weighted by Gasteiger charge is -2.15. The average molecular weight is 355 g/mol. The summed E-state index contributed by atoms with van der Waals surface area (Å²) >= 11 is 1.56. The van der Waals surface area contributed by atoms with Crippen LogP contribution in [0.15, 0.2) is 41.1 Å². The fourth-order valence-electron chi connectivity index (χ4n) is 2.11. The van der Waals surface area contributed by atoms with Gasteiger partial charge in [0.05, 0.1) is 19.0 Å². The number of hydrogen-bond acceptors (Lipinski definition) is 5. The van der Waals surface area contributed by atoms with Crippen molar-refractivity contribution in [3.8, 4) is 5.75 Å². The van der Waals surface area contributed by atoms with Crippen LogP contribution in [0.3, 0.4) is 0 Å². The van der Waals surface area contributed by atoms with Gasteiger partial charge >= 0.3 is 0 Å². The number of ether oxygens (including phenoxy) is 2. The Morgan fingerprint density at radius 1 is 1.17 bits per heavy atom. The molecular formula is C16H21NO4S2. The maximum absolute atomic E-state index is 12.1. The number of methoxy groups -OCH3 is 2. The molecule has 1 atom stereocenters. The minimum absolute atomic E-state index is 0.0411. The number of thiophene rings is 1. The van der Waals surface area contributed by atoms with Gasteiger partial charge in [-0.05, 0) is 46.5 Å². The van der Waals surface area contributed by atoms with E-state index in [1.807, 2.05) is 41.1 Å². The van der Waals surface area contributed by atoms with Crippen LogP contribution in [0.25, 0.3) is 0 Å². The van der Waals surface area contributed by atoms with Crippen LogP contribution in [-0.4, -0.2) is 34.9 Å². The maximum atomic E-state index is 12.1. The second kappa shape index (κ2) is 8.44. The van der Waals surface area contributed by atoms with Gasteiger partial charge in [0.25, 0.3) is 0 Å². The van der Waals surface area contributed by atoms with Crippen LogP contribution in [0.4, 0.5) is 0 Å². The second-order valence-corrected chi connectivity index (χ2v) is 7.75. The van der Waals surface area contributed by atoms with Gasteiger partial charge in [0, 0.05) is 13.7 Å². The molecule has 7 heteroatoms. The highest BCUT2D eigenvalue weighted by atomic mass is 32.2. The summed E-state index contributed by atoms with van der Waals surface area (Å²) in [6, 6.07) is 9.33. The lowest BCUT2D eigenvalue weighted by atomic mass is 10.2. The summed E-state index contributed by atoms with van der Waals surface area (Å²) < 4.78 is 37.3. The standard InChI is InChI=1S/C16H21NO4S2/c1-20-15-5-3-13(4-6-15)8-10-23(18,19)17-11-16(21-2)14-7-9-22-12-14/h3-7,9,12,16-17H,8,10-11H2,1-2H3. The summed E-state index contributed by atoms with van der Waals surface area (Å²) in [6.07, 6.45) is 0.187. The van der Waals surface area contributed by atoms with Gasteiger partial charge in [-0.2, -0.15) is 11.3 Å². The average Bonchev–Trinajstić information content (AvgIpc) is 3.08. The fraction of sp³-hybridized carbons (Fsp3) is 0.375. The molecule has 2 rings (SSSR count). The van der Waals surface area contributed by atoms with Gasteiger partial charge < -0.3 is 9.47 Å². The molecule has 0 radical (unpaired) electrons. The SMILES string of the molecule is COc1ccc(CCS(=O)(=O)NCC(OC)c2ccsc2)cc1. The van der Waals surface area contributed by atoms with E-state index in [2.05, 4.69) is 4.72 Å². The Hall–Kier alpha value is -1.41. The van der Waals surface area contributed by atoms with Crippen molar-refractivity contribution in [2.45, 2.75) is 12.5 Å². The van der Waals surface area contributed by atoms with Crippen LogP contribution >= 0.6 is 11.3 Å². The predicted octanol–water partition coefficient (Wildman–Crippen LogP) is 2.61. The van der Waals surface area contributed by atoms with E-state index in [0.717, 1.165) is 16.9 Å². The van der Waals surface area contributed by atoms with Crippen LogP contribution in [0, 0.1) is 0 Å². The van der Waals surface area contributed by atoms with Crippen molar-refractivity contribution in [3.05, 3.63) is 52.2 Å². The first-order valence-electron chi connectivity index (χ1n) is 7.19. The van der Waals surface area contributed by atoms with Gasteiger partial charge in [0.1, 0.15) is 5.75 Å². The molecule has 2 aromatic rings. The van der Waals surface area contributed by atoms with Crippen molar-refractivity contribution in [3.63, 3.8) is 0 Å². The lowest BCUT2D eigenvalue weighted by molar-refractivity contribution is 0.107. The Morgan fingerprint density at radius 3 is 2.48 bits per heavy atom. The van der Waals surface area contributed by atoms with E-state index in [9.17, 15) is 8.42 Å². The minimum Gasteiger partial charge on any atom is -0.497 e. The largest absolute Gasteiger partial charge is 0.497 e. The molecule has 0 aliphatic carbocycles. The number of nitrogens with one attached hydrogen (secondary N) is 1. The summed E-state index contributed by atoms with van der Waals surface area (Å²) in [5, 5.41) is 3.90. The molecule has 0 saturated carbocycles. The van der Waals surface area contributed by atoms with Crippen molar-refractivity contribution in [2.75, 3.05) is 26.5 Å². The van der Waals surface area contributed by atoms with E-state index < -0.39 is 10.0 Å². The van der Waals surface area contributed by atoms with Gasteiger partial charge in [-0.25, -0.2) is 13.1 Å². The van der Waals surface area contributed by atoms with Crippen molar-refractivity contribution in [1.82, 2.24) is 4.72 Å². The molecule has 1 aromatic heterocycles. The molecule has 5 nitrogen and oxygen atoms in total. The zero-order valence-electron chi connectivity index (χ0n) is 13.2. The topological polar surface area (TPSA) is 64.6 Å². The number of sulfonamides is 1. The summed E-state index contributed by atoms with van der Waals surface area (Å²) in [7, 11) is -0.172. The molecular weight excluding hydrogens is 334 g/mol. The molecule has 1 N–H and O–H groups in total. The second-order valence-electron chi connectivity index (χ2n) is 5.05. The van der Waals surface area contributed by atoms with Gasteiger partial charge in [-0.15, -0.1) is 0 Å². The minimum atomic E-state index is -3.35. The first-order valence-corrected chi connectivity index (χ1v) is 9.79. The Bertz CT molecular complexity index is 681. The normalized spacial score (nSPS) is 13.0. The molecule has 0 bridgehead atoms. The highest BCUT2D eigenvalue weighted by molar-refractivity contribution is 7.89. The molecule has 0 spiro atoms. The summed E-state index contributed by atoms with van der Waals surface area (Å²) in [5.41, 5.74) is 1.94. The molecule has 0 amide bonds. The molecule has 1 aromatic carbocycles. The molecule has 0 aliphatic rings. The van der Waals surface area contributed by atoms with Gasteiger partial charge in [0.15, 0.2) is 0 Å². The molecule has 126 valence electrons. The van der Waals surface area contributed by atoms with Crippen molar-refractivity contribution in [2.24, 2.45) is 0 Å². The van der Waals surface area contributed by atoms with E-state index in [0.29, 0.717) is 6.42 Å². The highest BCUT2D eigenvalue weighted by Gasteiger charge is 2.16. The predicted molar refractivity (Wildman–Crippen MR) is 92.6 cm³/mol. The molecule has 23 heavy (non-hydrogen) atoms. The Labute approximate surface area is 141 Å². The van der Waals surface area contributed by atoms with E-state index in [1.54, 1.807) is 25.6 Å². The monoisotopic (exact) mass is 355 g/mol. The van der Waals surface area contributed by atoms with Crippen LogP contribution in [0.5, 0.6) is 5.75 Å². The van der Waals surface area contributed by atoms with Crippen molar-refractivity contribution < 1.29 is 17.9 Å². The van der Waals surface area contributed by atoms with Crippen molar-refractivity contribution >= 4 is 21.4 Å². The van der Waals surface area contributed by atoms with Crippen LogP contribution in [-0.2, 0) is 21.2 Å². The summed E-state index contributed by atoms with van der Waals surface area (Å²) in [4.78, 5) is 0. The summed E-state index contributed by atoms with van der Waals surface area (Å²) in [5.74, 6) is 0.799. The lowest BCUT2D eigenvalue weighted by Crippen LogP contribution is -2.31. The number of rotatable bonds is 9. The number of benzene rings is 1. The van der Waals surface area contributed by atoms with Gasteiger partial charge in [-0.1, -0.05) is 12.1 Å². The third-order valence-corrected chi connectivity index (χ3v) is 5.56. The molecule has 1 unspecified atom stereocenters. The quantitative estimate of drug-likeness (QED) is 0.751. The van der Waals surface area contributed by atoms with Gasteiger partial charge in [0.2, 0.25) is 10.0 Å². The first-order chi connectivity index (χ1) is 11.0. The van der Waals surface area contributed by atoms with E-state index in [4.69, 9.17) is 9.47 Å². The molecule has 0 aliphatic heterocycles. The van der Waals surface area contributed by atoms with Crippen LogP contribution in [0.2, 0.25) is 0 Å². The Balaban J connectivity index is 1.86. The maximum Gasteiger partial charge on any atom is 0.212 e. The van der Waals surface area contributed by atoms with E-state index >= 15 is 0 Å². The highest BCUT2D eigenvalue weighted by Crippen LogP contribution is 2.19. The van der Waals surface area contributed by atoms with Gasteiger partial charge in [-0.3, -0.25) is 0 Å². The van der Waals surface area contributed by atoms with Crippen LogP contribution in [0.1, 0.15) is 17.2 Å². The van der Waals surface area contributed by atoms with E-state index in [1.165, 1.54) is 0 Å². The Morgan fingerprint density at radius 2 is 1.91 bits per heavy atom. The fourth-order valence-corrected chi connectivity index (χ4v) is 3.87. The number of aryl methyl sites for hydroxylation is 1. The Kier molecular flexibility index (Phi) is 6.59. The summed E-state index contributed by atoms with van der Waals surface area (Å²) in [6.45, 7) is 0.234. The first kappa shape index (κ1) is 17.9. The third kappa shape index (κ3) is 5.62.